The summed E-state index contributed by atoms with van der Waals surface area (Å²) in [5.41, 5.74) is 1.48. The molecule has 7 nitrogen and oxygen atoms in total. The minimum Gasteiger partial charge on any atom is -0.507 e. The van der Waals surface area contributed by atoms with Gasteiger partial charge in [0.05, 0.1) is 13.5 Å². The highest BCUT2D eigenvalue weighted by molar-refractivity contribution is 5.93. The van der Waals surface area contributed by atoms with Crippen LogP contribution in [0.15, 0.2) is 69.9 Å². The Morgan fingerprint density at radius 1 is 0.969 bits per heavy atom. The number of aromatic hydroxyl groups is 2. The molecule has 32 heavy (non-hydrogen) atoms. The first kappa shape index (κ1) is 19.7. The number of hydrogen-bond acceptors (Lipinski definition) is 7. The molecule has 0 saturated carbocycles. The Morgan fingerprint density at radius 3 is 2.47 bits per heavy atom. The minimum atomic E-state index is -0.569. The fraction of sp³-hybridized carbons (Fsp3) is 0.120. The molecule has 0 unspecified atom stereocenters. The molecule has 1 atom stereocenters. The predicted molar refractivity (Wildman–Crippen MR) is 116 cm³/mol. The average molecular weight is 430 g/mol. The maximum atomic E-state index is 12.9. The predicted octanol–water partition coefficient (Wildman–Crippen LogP) is 4.32. The highest BCUT2D eigenvalue weighted by Gasteiger charge is 2.34. The minimum absolute atomic E-state index is 0.00381. The standard InChI is InChI=1S/C25H18O7/c1-30-19-8-7-14(9-16(19)26)15-10-22(29)31-21-12-18(28)24-17(27)11-20(32-25(24)23(15)21)13-5-3-2-4-6-13/h2-9,11-12,15,26,28H,10H2,1H3/t15-/m1/s1. The van der Waals surface area contributed by atoms with Gasteiger partial charge < -0.3 is 24.1 Å². The first-order valence-electron chi connectivity index (χ1n) is 9.93. The smallest absolute Gasteiger partial charge is 0.312 e. The zero-order valence-electron chi connectivity index (χ0n) is 17.0. The molecule has 4 aromatic rings. The molecule has 2 heterocycles. The van der Waals surface area contributed by atoms with Crippen molar-refractivity contribution in [3.8, 4) is 34.3 Å². The molecule has 0 amide bonds. The monoisotopic (exact) mass is 430 g/mol. The summed E-state index contributed by atoms with van der Waals surface area (Å²) >= 11 is 0. The molecular weight excluding hydrogens is 412 g/mol. The van der Waals surface area contributed by atoms with Crippen LogP contribution < -0.4 is 14.9 Å². The van der Waals surface area contributed by atoms with Crippen LogP contribution in [-0.2, 0) is 4.79 Å². The largest absolute Gasteiger partial charge is 0.507 e. The van der Waals surface area contributed by atoms with Gasteiger partial charge in [-0.2, -0.15) is 0 Å². The highest BCUT2D eigenvalue weighted by atomic mass is 16.5. The number of carbonyl (C=O) groups is 1. The second-order valence-corrected chi connectivity index (χ2v) is 7.51. The Kier molecular flexibility index (Phi) is 4.59. The topological polar surface area (TPSA) is 106 Å². The van der Waals surface area contributed by atoms with E-state index in [4.69, 9.17) is 13.9 Å². The molecule has 3 aromatic carbocycles. The third kappa shape index (κ3) is 3.15. The van der Waals surface area contributed by atoms with Crippen LogP contribution in [0.5, 0.6) is 23.0 Å². The number of benzene rings is 3. The Morgan fingerprint density at radius 2 is 1.75 bits per heavy atom. The summed E-state index contributed by atoms with van der Waals surface area (Å²) in [6, 6.07) is 16.5. The molecule has 0 bridgehead atoms. The third-order valence-electron chi connectivity index (χ3n) is 5.59. The molecule has 2 N–H and O–H groups in total. The van der Waals surface area contributed by atoms with Crippen LogP contribution in [0.25, 0.3) is 22.3 Å². The van der Waals surface area contributed by atoms with Crippen molar-refractivity contribution in [3.05, 3.63) is 82.0 Å². The fourth-order valence-corrected chi connectivity index (χ4v) is 4.11. The summed E-state index contributed by atoms with van der Waals surface area (Å²) in [7, 11) is 1.44. The van der Waals surface area contributed by atoms with Gasteiger partial charge in [-0.15, -0.1) is 0 Å². The van der Waals surface area contributed by atoms with Crippen molar-refractivity contribution < 1.29 is 28.9 Å². The number of phenols is 2. The SMILES string of the molecule is COc1ccc([C@H]2CC(=O)Oc3cc(O)c4c(=O)cc(-c5ccccc5)oc4c32)cc1O. The first-order chi connectivity index (χ1) is 15.5. The Labute approximate surface area is 182 Å². The molecule has 1 aliphatic rings. The quantitative estimate of drug-likeness (QED) is 0.368. The summed E-state index contributed by atoms with van der Waals surface area (Å²) in [5, 5.41) is 20.8. The normalized spacial score (nSPS) is 15.3. The summed E-state index contributed by atoms with van der Waals surface area (Å²) in [5.74, 6) is -0.763. The van der Waals surface area contributed by atoms with Crippen LogP contribution in [-0.4, -0.2) is 23.3 Å². The molecule has 0 fully saturated rings. The van der Waals surface area contributed by atoms with Gasteiger partial charge in [0.1, 0.15) is 28.2 Å². The molecule has 0 radical (unpaired) electrons. The van der Waals surface area contributed by atoms with Gasteiger partial charge in [-0.1, -0.05) is 36.4 Å². The van der Waals surface area contributed by atoms with Crippen molar-refractivity contribution in [2.24, 2.45) is 0 Å². The second-order valence-electron chi connectivity index (χ2n) is 7.51. The van der Waals surface area contributed by atoms with E-state index in [1.54, 1.807) is 24.3 Å². The number of phenolic OH excluding ortho intramolecular Hbond substituents is 2. The molecule has 160 valence electrons. The summed E-state index contributed by atoms with van der Waals surface area (Å²) in [6.07, 6.45) is -0.0298. The van der Waals surface area contributed by atoms with Crippen molar-refractivity contribution in [2.75, 3.05) is 7.11 Å². The van der Waals surface area contributed by atoms with Gasteiger partial charge in [0.15, 0.2) is 16.9 Å². The van der Waals surface area contributed by atoms with Crippen molar-refractivity contribution in [1.29, 1.82) is 0 Å². The van der Waals surface area contributed by atoms with Gasteiger partial charge in [0.25, 0.3) is 0 Å². The molecular formula is C25H18O7. The zero-order valence-corrected chi connectivity index (χ0v) is 17.0. The number of esters is 1. The van der Waals surface area contributed by atoms with E-state index < -0.39 is 17.3 Å². The lowest BCUT2D eigenvalue weighted by Crippen LogP contribution is -2.22. The Balaban J connectivity index is 1.81. The van der Waals surface area contributed by atoms with E-state index in [2.05, 4.69) is 0 Å². The fourth-order valence-electron chi connectivity index (χ4n) is 4.11. The maximum Gasteiger partial charge on any atom is 0.312 e. The summed E-state index contributed by atoms with van der Waals surface area (Å²) < 4.78 is 16.6. The second kappa shape index (κ2) is 7.46. The van der Waals surface area contributed by atoms with Gasteiger partial charge in [-0.25, -0.2) is 0 Å². The van der Waals surface area contributed by atoms with Crippen LogP contribution in [0.1, 0.15) is 23.5 Å². The van der Waals surface area contributed by atoms with Crippen LogP contribution in [0.2, 0.25) is 0 Å². The first-order valence-corrected chi connectivity index (χ1v) is 9.93. The van der Waals surface area contributed by atoms with E-state index in [0.29, 0.717) is 28.2 Å². The molecule has 0 aliphatic carbocycles. The maximum absolute atomic E-state index is 12.9. The number of ether oxygens (including phenoxy) is 2. The number of rotatable bonds is 3. The van der Waals surface area contributed by atoms with Gasteiger partial charge in [0.2, 0.25) is 0 Å². The van der Waals surface area contributed by atoms with Gasteiger partial charge in [-0.05, 0) is 17.7 Å². The number of methoxy groups -OCH3 is 1. The Hall–Kier alpha value is -4.26. The van der Waals surface area contributed by atoms with Crippen LogP contribution in [0, 0.1) is 0 Å². The van der Waals surface area contributed by atoms with Crippen LogP contribution in [0.4, 0.5) is 0 Å². The molecule has 1 aromatic heterocycles. The molecule has 0 spiro atoms. The van der Waals surface area contributed by atoms with Crippen molar-refractivity contribution in [2.45, 2.75) is 12.3 Å². The summed E-state index contributed by atoms with van der Waals surface area (Å²) in [6.45, 7) is 0. The lowest BCUT2D eigenvalue weighted by atomic mass is 9.85. The molecule has 7 heteroatoms. The average Bonchev–Trinajstić information content (AvgIpc) is 2.78. The van der Waals surface area contributed by atoms with Gasteiger partial charge in [0, 0.05) is 29.2 Å². The highest BCUT2D eigenvalue weighted by Crippen LogP contribution is 2.46. The third-order valence-corrected chi connectivity index (χ3v) is 5.59. The number of fused-ring (bicyclic) bond motifs is 3. The van der Waals surface area contributed by atoms with Crippen molar-refractivity contribution >= 4 is 16.9 Å². The van der Waals surface area contributed by atoms with Gasteiger partial charge in [-0.3, -0.25) is 9.59 Å². The lowest BCUT2D eigenvalue weighted by molar-refractivity contribution is -0.135. The molecule has 5 rings (SSSR count). The van der Waals surface area contributed by atoms with E-state index in [1.807, 2.05) is 18.2 Å². The van der Waals surface area contributed by atoms with Crippen LogP contribution in [0.3, 0.4) is 0 Å². The molecule has 1 aliphatic heterocycles. The van der Waals surface area contributed by atoms with Crippen LogP contribution >= 0.6 is 0 Å². The summed E-state index contributed by atoms with van der Waals surface area (Å²) in [4.78, 5) is 25.3. The van der Waals surface area contributed by atoms with E-state index in [1.165, 1.54) is 25.3 Å². The van der Waals surface area contributed by atoms with E-state index >= 15 is 0 Å². The van der Waals surface area contributed by atoms with Gasteiger partial charge >= 0.3 is 5.97 Å². The number of carbonyl (C=O) groups excluding carboxylic acids is 1. The lowest BCUT2D eigenvalue weighted by Gasteiger charge is -2.26. The van der Waals surface area contributed by atoms with E-state index in [-0.39, 0.29) is 34.6 Å². The zero-order chi connectivity index (χ0) is 22.4. The molecule has 0 saturated heterocycles. The Bertz CT molecular complexity index is 1420. The van der Waals surface area contributed by atoms with E-state index in [0.717, 1.165) is 0 Å². The number of hydrogen-bond donors (Lipinski definition) is 2. The van der Waals surface area contributed by atoms with E-state index in [9.17, 15) is 19.8 Å². The van der Waals surface area contributed by atoms with Crippen molar-refractivity contribution in [3.63, 3.8) is 0 Å². The van der Waals surface area contributed by atoms with Crippen molar-refractivity contribution in [1.82, 2.24) is 0 Å².